The van der Waals surface area contributed by atoms with E-state index in [2.05, 4.69) is 10.2 Å². The first-order valence-corrected chi connectivity index (χ1v) is 4.66. The maximum absolute atomic E-state index is 10.4. The fraction of sp³-hybridized carbons (Fsp3) is 0. The predicted octanol–water partition coefficient (Wildman–Crippen LogP) is 2.11. The molecule has 0 saturated carbocycles. The molecule has 1 heterocycles. The van der Waals surface area contributed by atoms with Crippen molar-refractivity contribution in [2.24, 2.45) is 0 Å². The molecule has 2 rings (SSSR count). The monoisotopic (exact) mass is 207 g/mol. The molecule has 0 amide bonds. The van der Waals surface area contributed by atoms with Crippen LogP contribution in [0.5, 0.6) is 0 Å². The molecular weight excluding hydrogens is 202 g/mol. The van der Waals surface area contributed by atoms with Crippen LogP contribution in [-0.4, -0.2) is 15.1 Å². The largest absolute Gasteiger partial charge is 0.269 e. The van der Waals surface area contributed by atoms with E-state index in [1.54, 1.807) is 17.6 Å². The van der Waals surface area contributed by atoms with Gasteiger partial charge >= 0.3 is 0 Å². The van der Waals surface area contributed by atoms with Crippen molar-refractivity contribution in [2.75, 3.05) is 0 Å². The standard InChI is InChI=1S/C8H5N3O2S/c12-11(13)7-3-1-6(2-4-7)8-10-9-5-14-8/h1-5H. The molecule has 0 aliphatic rings. The molecule has 1 aromatic heterocycles. The van der Waals surface area contributed by atoms with Gasteiger partial charge in [0.25, 0.3) is 5.69 Å². The predicted molar refractivity (Wildman–Crippen MR) is 52.0 cm³/mol. The topological polar surface area (TPSA) is 68.9 Å². The van der Waals surface area contributed by atoms with Gasteiger partial charge in [0, 0.05) is 17.7 Å². The molecular formula is C8H5N3O2S. The second kappa shape index (κ2) is 3.51. The van der Waals surface area contributed by atoms with Crippen LogP contribution in [0.4, 0.5) is 5.69 Å². The van der Waals surface area contributed by atoms with Crippen molar-refractivity contribution < 1.29 is 4.92 Å². The van der Waals surface area contributed by atoms with E-state index in [-0.39, 0.29) is 5.69 Å². The van der Waals surface area contributed by atoms with E-state index < -0.39 is 4.92 Å². The summed E-state index contributed by atoms with van der Waals surface area (Å²) in [6, 6.07) is 6.24. The zero-order chi connectivity index (χ0) is 9.97. The van der Waals surface area contributed by atoms with Gasteiger partial charge in [0.15, 0.2) is 0 Å². The lowest BCUT2D eigenvalue weighted by atomic mass is 10.2. The number of aromatic nitrogens is 2. The fourth-order valence-electron chi connectivity index (χ4n) is 1.02. The highest BCUT2D eigenvalue weighted by Crippen LogP contribution is 2.22. The number of rotatable bonds is 2. The van der Waals surface area contributed by atoms with E-state index in [0.717, 1.165) is 10.6 Å². The van der Waals surface area contributed by atoms with E-state index in [1.165, 1.54) is 23.5 Å². The van der Waals surface area contributed by atoms with Crippen LogP contribution in [0.25, 0.3) is 10.6 Å². The van der Waals surface area contributed by atoms with Crippen molar-refractivity contribution in [1.82, 2.24) is 10.2 Å². The van der Waals surface area contributed by atoms with Crippen LogP contribution < -0.4 is 0 Å². The number of benzene rings is 1. The second-order valence-electron chi connectivity index (χ2n) is 2.55. The molecule has 0 fully saturated rings. The molecule has 0 saturated heterocycles. The molecule has 2 aromatic rings. The number of hydrogen-bond acceptors (Lipinski definition) is 5. The Kier molecular flexibility index (Phi) is 2.19. The normalized spacial score (nSPS) is 10.0. The minimum atomic E-state index is -0.427. The van der Waals surface area contributed by atoms with Crippen LogP contribution in [0.3, 0.4) is 0 Å². The third kappa shape index (κ3) is 1.60. The van der Waals surface area contributed by atoms with Crippen molar-refractivity contribution in [3.8, 4) is 10.6 Å². The average Bonchev–Trinajstić information content (AvgIpc) is 2.71. The summed E-state index contributed by atoms with van der Waals surface area (Å²) >= 11 is 1.40. The minimum absolute atomic E-state index is 0.0817. The summed E-state index contributed by atoms with van der Waals surface area (Å²) in [5.41, 5.74) is 2.55. The number of non-ortho nitro benzene ring substituents is 1. The van der Waals surface area contributed by atoms with E-state index >= 15 is 0 Å². The lowest BCUT2D eigenvalue weighted by Gasteiger charge is -1.93. The highest BCUT2D eigenvalue weighted by atomic mass is 32.1. The zero-order valence-electron chi connectivity index (χ0n) is 6.95. The molecule has 5 nitrogen and oxygen atoms in total. The number of hydrogen-bond donors (Lipinski definition) is 0. The lowest BCUT2D eigenvalue weighted by molar-refractivity contribution is -0.384. The van der Waals surface area contributed by atoms with Crippen LogP contribution in [0.2, 0.25) is 0 Å². The molecule has 0 spiro atoms. The maximum Gasteiger partial charge on any atom is 0.269 e. The number of nitrogens with zero attached hydrogens (tertiary/aromatic N) is 3. The van der Waals surface area contributed by atoms with Gasteiger partial charge in [0.1, 0.15) is 10.5 Å². The van der Waals surface area contributed by atoms with Crippen molar-refractivity contribution in [3.05, 3.63) is 39.9 Å². The van der Waals surface area contributed by atoms with Gasteiger partial charge in [-0.05, 0) is 12.1 Å². The molecule has 0 aliphatic carbocycles. The summed E-state index contributed by atoms with van der Waals surface area (Å²) in [5.74, 6) is 0. The van der Waals surface area contributed by atoms with E-state index in [0.29, 0.717) is 0 Å². The van der Waals surface area contributed by atoms with Crippen molar-refractivity contribution >= 4 is 17.0 Å². The first-order chi connectivity index (χ1) is 6.77. The van der Waals surface area contributed by atoms with Crippen molar-refractivity contribution in [3.63, 3.8) is 0 Å². The summed E-state index contributed by atoms with van der Waals surface area (Å²) in [4.78, 5) is 9.95. The van der Waals surface area contributed by atoms with Crippen molar-refractivity contribution in [1.29, 1.82) is 0 Å². The van der Waals surface area contributed by atoms with Crippen LogP contribution >= 0.6 is 11.3 Å². The van der Waals surface area contributed by atoms with Gasteiger partial charge in [-0.1, -0.05) is 11.3 Å². The minimum Gasteiger partial charge on any atom is -0.258 e. The fourth-order valence-corrected chi connectivity index (χ4v) is 1.59. The van der Waals surface area contributed by atoms with Crippen LogP contribution in [0.15, 0.2) is 29.8 Å². The Labute approximate surface area is 83.2 Å². The summed E-state index contributed by atoms with van der Waals surface area (Å²) in [5, 5.41) is 18.7. The Bertz CT molecular complexity index is 438. The molecule has 0 atom stereocenters. The van der Waals surface area contributed by atoms with Crippen LogP contribution in [0, 0.1) is 10.1 Å². The van der Waals surface area contributed by atoms with Crippen LogP contribution in [-0.2, 0) is 0 Å². The van der Waals surface area contributed by atoms with E-state index in [9.17, 15) is 10.1 Å². The molecule has 14 heavy (non-hydrogen) atoms. The van der Waals surface area contributed by atoms with Gasteiger partial charge in [-0.25, -0.2) is 0 Å². The van der Waals surface area contributed by atoms with Gasteiger partial charge in [-0.3, -0.25) is 10.1 Å². The highest BCUT2D eigenvalue weighted by molar-refractivity contribution is 7.12. The van der Waals surface area contributed by atoms with Gasteiger partial charge in [0.2, 0.25) is 0 Å². The Balaban J connectivity index is 2.36. The van der Waals surface area contributed by atoms with E-state index in [1.807, 2.05) is 0 Å². The summed E-state index contributed by atoms with van der Waals surface area (Å²) in [6.45, 7) is 0. The smallest absolute Gasteiger partial charge is 0.258 e. The quantitative estimate of drug-likeness (QED) is 0.558. The first-order valence-electron chi connectivity index (χ1n) is 3.78. The number of nitro groups is 1. The third-order valence-corrected chi connectivity index (χ3v) is 2.43. The van der Waals surface area contributed by atoms with Crippen molar-refractivity contribution in [2.45, 2.75) is 0 Å². The lowest BCUT2D eigenvalue weighted by Crippen LogP contribution is -1.86. The Morgan fingerprint density at radius 1 is 1.29 bits per heavy atom. The van der Waals surface area contributed by atoms with Gasteiger partial charge in [-0.15, -0.1) is 10.2 Å². The Morgan fingerprint density at radius 2 is 2.00 bits per heavy atom. The molecule has 0 bridgehead atoms. The molecule has 70 valence electrons. The molecule has 1 aromatic carbocycles. The second-order valence-corrected chi connectivity index (χ2v) is 3.38. The number of nitro benzene ring substituents is 1. The molecule has 0 aliphatic heterocycles. The van der Waals surface area contributed by atoms with Crippen LogP contribution in [0.1, 0.15) is 0 Å². The molecule has 6 heteroatoms. The first kappa shape index (κ1) is 8.76. The zero-order valence-corrected chi connectivity index (χ0v) is 7.77. The summed E-state index contributed by atoms with van der Waals surface area (Å²) in [7, 11) is 0. The third-order valence-electron chi connectivity index (χ3n) is 1.69. The summed E-state index contributed by atoms with van der Waals surface area (Å²) < 4.78 is 0. The maximum atomic E-state index is 10.4. The Morgan fingerprint density at radius 3 is 2.50 bits per heavy atom. The van der Waals surface area contributed by atoms with Gasteiger partial charge in [0.05, 0.1) is 4.92 Å². The highest BCUT2D eigenvalue weighted by Gasteiger charge is 2.06. The van der Waals surface area contributed by atoms with E-state index in [4.69, 9.17) is 0 Å². The SMILES string of the molecule is O=[N+]([O-])c1ccc(-c2nncs2)cc1. The molecule has 0 radical (unpaired) electrons. The molecule has 0 N–H and O–H groups in total. The molecule has 0 unspecified atom stereocenters. The van der Waals surface area contributed by atoms with Gasteiger partial charge in [-0.2, -0.15) is 0 Å². The van der Waals surface area contributed by atoms with Gasteiger partial charge < -0.3 is 0 Å². The average molecular weight is 207 g/mol. The Hall–Kier alpha value is -1.82. The summed E-state index contributed by atoms with van der Waals surface area (Å²) in [6.07, 6.45) is 0.